The predicted molar refractivity (Wildman–Crippen MR) is 52.7 cm³/mol. The molecule has 0 unspecified atom stereocenters. The Bertz CT molecular complexity index is 123. The summed E-state index contributed by atoms with van der Waals surface area (Å²) in [6, 6.07) is 0. The molecule has 0 heterocycles. The normalized spacial score (nSPS) is 15.3. The molecule has 2 atom stereocenters. The van der Waals surface area contributed by atoms with Crippen LogP contribution in [-0.4, -0.2) is 37.1 Å². The van der Waals surface area contributed by atoms with Crippen LogP contribution in [0.25, 0.3) is 0 Å². The number of rotatable bonds is 8. The smallest absolute Gasteiger partial charge is 0.0745 e. The van der Waals surface area contributed by atoms with Gasteiger partial charge in [-0.15, -0.1) is 6.58 Å². The van der Waals surface area contributed by atoms with E-state index in [9.17, 15) is 0 Å². The minimum Gasteiger partial charge on any atom is -0.391 e. The van der Waals surface area contributed by atoms with E-state index in [2.05, 4.69) is 6.58 Å². The highest BCUT2D eigenvalue weighted by Gasteiger charge is 2.01. The van der Waals surface area contributed by atoms with E-state index in [0.29, 0.717) is 19.8 Å². The quantitative estimate of drug-likeness (QED) is 0.462. The van der Waals surface area contributed by atoms with Gasteiger partial charge in [-0.3, -0.25) is 0 Å². The molecule has 13 heavy (non-hydrogen) atoms. The van der Waals surface area contributed by atoms with Gasteiger partial charge in [0.15, 0.2) is 0 Å². The summed E-state index contributed by atoms with van der Waals surface area (Å²) in [6.45, 7) is 8.87. The molecular formula is C10H20O3. The average Bonchev–Trinajstić information content (AvgIpc) is 2.08. The fourth-order valence-corrected chi connectivity index (χ4v) is 0.819. The van der Waals surface area contributed by atoms with Crippen molar-refractivity contribution in [2.24, 2.45) is 0 Å². The maximum Gasteiger partial charge on any atom is 0.0745 e. The first-order chi connectivity index (χ1) is 6.16. The molecule has 3 nitrogen and oxygen atoms in total. The molecular weight excluding hydrogens is 168 g/mol. The molecule has 78 valence electrons. The lowest BCUT2D eigenvalue weighted by atomic mass is 10.3. The van der Waals surface area contributed by atoms with E-state index < -0.39 is 0 Å². The monoisotopic (exact) mass is 188 g/mol. The van der Waals surface area contributed by atoms with E-state index >= 15 is 0 Å². The van der Waals surface area contributed by atoms with Crippen LogP contribution in [-0.2, 0) is 9.47 Å². The summed E-state index contributed by atoms with van der Waals surface area (Å²) in [5.74, 6) is 0. The average molecular weight is 188 g/mol. The summed E-state index contributed by atoms with van der Waals surface area (Å²) < 4.78 is 10.5. The first-order valence-corrected chi connectivity index (χ1v) is 4.65. The van der Waals surface area contributed by atoms with Crippen molar-refractivity contribution >= 4 is 0 Å². The highest BCUT2D eigenvalue weighted by Crippen LogP contribution is 1.98. The second-order valence-corrected chi connectivity index (χ2v) is 3.15. The van der Waals surface area contributed by atoms with Gasteiger partial charge in [-0.1, -0.05) is 6.08 Å². The third-order valence-corrected chi connectivity index (χ3v) is 1.53. The van der Waals surface area contributed by atoms with Crippen molar-refractivity contribution in [1.82, 2.24) is 0 Å². The van der Waals surface area contributed by atoms with Crippen molar-refractivity contribution in [2.45, 2.75) is 32.5 Å². The standard InChI is InChI=1S/C10H20O3/c1-4-6-13-10(3)5-7-12-8-9(2)11/h4,9-11H,1,5-8H2,2-3H3/t9-,10+/m0/s1. The summed E-state index contributed by atoms with van der Waals surface area (Å²) in [7, 11) is 0. The summed E-state index contributed by atoms with van der Waals surface area (Å²) in [4.78, 5) is 0. The van der Waals surface area contributed by atoms with Crippen LogP contribution in [0.3, 0.4) is 0 Å². The molecule has 0 aromatic heterocycles. The predicted octanol–water partition coefficient (Wildman–Crippen LogP) is 1.36. The lowest BCUT2D eigenvalue weighted by Gasteiger charge is -2.12. The van der Waals surface area contributed by atoms with Gasteiger partial charge in [0.05, 0.1) is 25.4 Å². The Labute approximate surface area is 80.4 Å². The Morgan fingerprint density at radius 1 is 1.46 bits per heavy atom. The maximum atomic E-state index is 8.89. The van der Waals surface area contributed by atoms with Gasteiger partial charge in [-0.25, -0.2) is 0 Å². The van der Waals surface area contributed by atoms with Crippen LogP contribution in [0.1, 0.15) is 20.3 Å². The van der Waals surface area contributed by atoms with Crippen LogP contribution in [0, 0.1) is 0 Å². The molecule has 0 aliphatic heterocycles. The summed E-state index contributed by atoms with van der Waals surface area (Å²) in [6.07, 6.45) is 2.38. The molecule has 0 radical (unpaired) electrons. The molecule has 0 aromatic rings. The molecule has 0 aliphatic carbocycles. The second kappa shape index (κ2) is 8.23. The van der Waals surface area contributed by atoms with Gasteiger partial charge >= 0.3 is 0 Å². The highest BCUT2D eigenvalue weighted by molar-refractivity contribution is 4.65. The van der Waals surface area contributed by atoms with Gasteiger partial charge in [-0.05, 0) is 20.3 Å². The highest BCUT2D eigenvalue weighted by atomic mass is 16.5. The SMILES string of the molecule is C=CCO[C@H](C)CCOC[C@H](C)O. The van der Waals surface area contributed by atoms with Crippen LogP contribution < -0.4 is 0 Å². The molecule has 1 N–H and O–H groups in total. The van der Waals surface area contributed by atoms with Gasteiger partial charge in [0.25, 0.3) is 0 Å². The molecule has 0 amide bonds. The summed E-state index contributed by atoms with van der Waals surface area (Å²) >= 11 is 0. The second-order valence-electron chi connectivity index (χ2n) is 3.15. The number of hydrogen-bond donors (Lipinski definition) is 1. The van der Waals surface area contributed by atoms with Crippen molar-refractivity contribution in [3.05, 3.63) is 12.7 Å². The number of aliphatic hydroxyl groups is 1. The van der Waals surface area contributed by atoms with Crippen LogP contribution in [0.5, 0.6) is 0 Å². The lowest BCUT2D eigenvalue weighted by molar-refractivity contribution is 0.0155. The molecule has 3 heteroatoms. The zero-order valence-corrected chi connectivity index (χ0v) is 8.53. The first kappa shape index (κ1) is 12.6. The molecule has 0 fully saturated rings. The fourth-order valence-electron chi connectivity index (χ4n) is 0.819. The molecule has 0 aliphatic rings. The van der Waals surface area contributed by atoms with E-state index in [-0.39, 0.29) is 12.2 Å². The molecule has 0 saturated carbocycles. The minimum atomic E-state index is -0.385. The Morgan fingerprint density at radius 3 is 2.69 bits per heavy atom. The van der Waals surface area contributed by atoms with Gasteiger partial charge in [0.1, 0.15) is 0 Å². The Balaban J connectivity index is 3.16. The molecule has 0 spiro atoms. The topological polar surface area (TPSA) is 38.7 Å². The van der Waals surface area contributed by atoms with Crippen molar-refractivity contribution in [1.29, 1.82) is 0 Å². The van der Waals surface area contributed by atoms with Gasteiger partial charge < -0.3 is 14.6 Å². The van der Waals surface area contributed by atoms with Crippen molar-refractivity contribution < 1.29 is 14.6 Å². The number of ether oxygens (including phenoxy) is 2. The Morgan fingerprint density at radius 2 is 2.15 bits per heavy atom. The Hall–Kier alpha value is -0.380. The van der Waals surface area contributed by atoms with Crippen LogP contribution >= 0.6 is 0 Å². The van der Waals surface area contributed by atoms with E-state index in [0.717, 1.165) is 6.42 Å². The van der Waals surface area contributed by atoms with Crippen molar-refractivity contribution in [2.75, 3.05) is 19.8 Å². The summed E-state index contributed by atoms with van der Waals surface area (Å²) in [5, 5.41) is 8.89. The zero-order valence-electron chi connectivity index (χ0n) is 8.53. The minimum absolute atomic E-state index is 0.187. The van der Waals surface area contributed by atoms with E-state index in [1.54, 1.807) is 13.0 Å². The first-order valence-electron chi connectivity index (χ1n) is 4.65. The van der Waals surface area contributed by atoms with Crippen LogP contribution in [0.2, 0.25) is 0 Å². The number of hydrogen-bond acceptors (Lipinski definition) is 3. The van der Waals surface area contributed by atoms with Gasteiger partial charge in [0.2, 0.25) is 0 Å². The Kier molecular flexibility index (Phi) is 7.99. The third-order valence-electron chi connectivity index (χ3n) is 1.53. The molecule has 0 aromatic carbocycles. The number of aliphatic hydroxyl groups excluding tert-OH is 1. The lowest BCUT2D eigenvalue weighted by Crippen LogP contribution is -2.15. The molecule has 0 saturated heterocycles. The molecule has 0 bridgehead atoms. The largest absolute Gasteiger partial charge is 0.391 e. The summed E-state index contributed by atoms with van der Waals surface area (Å²) in [5.41, 5.74) is 0. The van der Waals surface area contributed by atoms with Gasteiger partial charge in [0, 0.05) is 6.61 Å². The maximum absolute atomic E-state index is 8.89. The van der Waals surface area contributed by atoms with E-state index in [4.69, 9.17) is 14.6 Å². The van der Waals surface area contributed by atoms with E-state index in [1.165, 1.54) is 0 Å². The van der Waals surface area contributed by atoms with Crippen LogP contribution in [0.4, 0.5) is 0 Å². The van der Waals surface area contributed by atoms with E-state index in [1.807, 2.05) is 6.92 Å². The van der Waals surface area contributed by atoms with Crippen molar-refractivity contribution in [3.63, 3.8) is 0 Å². The van der Waals surface area contributed by atoms with Crippen LogP contribution in [0.15, 0.2) is 12.7 Å². The zero-order chi connectivity index (χ0) is 10.1. The van der Waals surface area contributed by atoms with Gasteiger partial charge in [-0.2, -0.15) is 0 Å². The fraction of sp³-hybridized carbons (Fsp3) is 0.800. The third kappa shape index (κ3) is 9.53. The van der Waals surface area contributed by atoms with Crippen molar-refractivity contribution in [3.8, 4) is 0 Å². The molecule has 0 rings (SSSR count).